The minimum absolute atomic E-state index is 0.00604. The van der Waals surface area contributed by atoms with Gasteiger partial charge in [0.05, 0.1) is 6.61 Å². The van der Waals surface area contributed by atoms with E-state index in [9.17, 15) is 5.11 Å². The molecule has 0 amide bonds. The van der Waals surface area contributed by atoms with E-state index in [0.717, 1.165) is 22.6 Å². The van der Waals surface area contributed by atoms with Gasteiger partial charge in [0.1, 0.15) is 12.4 Å². The molecule has 2 aromatic rings. The minimum atomic E-state index is -0.00604. The molecule has 0 aromatic heterocycles. The topological polar surface area (TPSA) is 32.7 Å². The molecular weight excluding hydrogens is 238 g/mol. The van der Waals surface area contributed by atoms with Crippen LogP contribution in [0.15, 0.2) is 48.5 Å². The molecule has 3 nitrogen and oxygen atoms in total. The van der Waals surface area contributed by atoms with E-state index < -0.39 is 0 Å². The van der Waals surface area contributed by atoms with Gasteiger partial charge in [0.25, 0.3) is 0 Å². The third-order valence-electron chi connectivity index (χ3n) is 2.96. The summed E-state index contributed by atoms with van der Waals surface area (Å²) in [5, 5.41) is 9.25. The summed E-state index contributed by atoms with van der Waals surface area (Å²) in [5.74, 6) is 0.736. The number of anilines is 1. The van der Waals surface area contributed by atoms with Crippen LogP contribution in [0.5, 0.6) is 5.75 Å². The number of benzene rings is 2. The zero-order valence-corrected chi connectivity index (χ0v) is 11.3. The predicted molar refractivity (Wildman–Crippen MR) is 77.5 cm³/mol. The van der Waals surface area contributed by atoms with Crippen molar-refractivity contribution >= 4 is 5.69 Å². The molecular formula is C16H19NO2. The fraction of sp³-hybridized carbons (Fsp3) is 0.250. The second-order valence-corrected chi connectivity index (χ2v) is 4.62. The van der Waals surface area contributed by atoms with Gasteiger partial charge < -0.3 is 14.7 Å². The van der Waals surface area contributed by atoms with Crippen molar-refractivity contribution in [2.75, 3.05) is 19.0 Å². The Balaban J connectivity index is 2.08. The van der Waals surface area contributed by atoms with Crippen LogP contribution in [0.2, 0.25) is 0 Å². The summed E-state index contributed by atoms with van der Waals surface area (Å²) in [5.41, 5.74) is 3.07. The van der Waals surface area contributed by atoms with E-state index in [1.54, 1.807) is 0 Å². The summed E-state index contributed by atoms with van der Waals surface area (Å²) in [4.78, 5) is 2.06. The fourth-order valence-electron chi connectivity index (χ4n) is 1.86. The van der Waals surface area contributed by atoms with Crippen LogP contribution in [0.4, 0.5) is 5.69 Å². The normalized spacial score (nSPS) is 10.3. The average molecular weight is 257 g/mol. The van der Waals surface area contributed by atoms with E-state index in [2.05, 4.69) is 17.0 Å². The van der Waals surface area contributed by atoms with Gasteiger partial charge in [-0.15, -0.1) is 0 Å². The van der Waals surface area contributed by atoms with E-state index in [1.807, 2.05) is 50.5 Å². The smallest absolute Gasteiger partial charge is 0.125 e. The van der Waals surface area contributed by atoms with Gasteiger partial charge in [0.15, 0.2) is 0 Å². The molecule has 0 fully saturated rings. The van der Waals surface area contributed by atoms with E-state index in [4.69, 9.17) is 4.74 Å². The molecule has 0 bridgehead atoms. The Labute approximate surface area is 114 Å². The van der Waals surface area contributed by atoms with Crippen molar-refractivity contribution < 1.29 is 9.84 Å². The lowest BCUT2D eigenvalue weighted by atomic mass is 10.2. The van der Waals surface area contributed by atoms with Crippen molar-refractivity contribution in [3.8, 4) is 5.75 Å². The highest BCUT2D eigenvalue weighted by molar-refractivity contribution is 5.47. The van der Waals surface area contributed by atoms with E-state index >= 15 is 0 Å². The van der Waals surface area contributed by atoms with Gasteiger partial charge in [-0.25, -0.2) is 0 Å². The third-order valence-corrected chi connectivity index (χ3v) is 2.96. The average Bonchev–Trinajstić information content (AvgIpc) is 2.45. The number of aliphatic hydroxyl groups is 1. The van der Waals surface area contributed by atoms with E-state index in [-0.39, 0.29) is 6.61 Å². The number of para-hydroxylation sites is 1. The first kappa shape index (κ1) is 13.4. The number of hydrogen-bond acceptors (Lipinski definition) is 3. The highest BCUT2D eigenvalue weighted by atomic mass is 16.5. The van der Waals surface area contributed by atoms with Crippen molar-refractivity contribution in [2.45, 2.75) is 13.2 Å². The third kappa shape index (κ3) is 3.48. The molecule has 2 rings (SSSR count). The molecule has 0 aliphatic carbocycles. The molecule has 100 valence electrons. The van der Waals surface area contributed by atoms with Gasteiger partial charge in [-0.3, -0.25) is 0 Å². The first-order valence-electron chi connectivity index (χ1n) is 6.28. The molecule has 2 aromatic carbocycles. The molecule has 0 radical (unpaired) electrons. The van der Waals surface area contributed by atoms with Crippen molar-refractivity contribution in [1.82, 2.24) is 0 Å². The summed E-state index contributed by atoms with van der Waals surface area (Å²) in [6.45, 7) is 0.493. The van der Waals surface area contributed by atoms with Crippen LogP contribution >= 0.6 is 0 Å². The molecule has 0 aliphatic rings. The van der Waals surface area contributed by atoms with Crippen LogP contribution in [0, 0.1) is 0 Å². The second-order valence-electron chi connectivity index (χ2n) is 4.62. The number of ether oxygens (including phenoxy) is 1. The Bertz CT molecular complexity index is 538. The van der Waals surface area contributed by atoms with Gasteiger partial charge in [-0.1, -0.05) is 30.3 Å². The first-order chi connectivity index (χ1) is 9.20. The first-order valence-corrected chi connectivity index (χ1v) is 6.28. The molecule has 19 heavy (non-hydrogen) atoms. The van der Waals surface area contributed by atoms with Gasteiger partial charge >= 0.3 is 0 Å². The van der Waals surface area contributed by atoms with Gasteiger partial charge in [0.2, 0.25) is 0 Å². The van der Waals surface area contributed by atoms with Crippen molar-refractivity contribution in [2.24, 2.45) is 0 Å². The maximum absolute atomic E-state index is 9.25. The van der Waals surface area contributed by atoms with Crippen molar-refractivity contribution in [3.05, 3.63) is 59.7 Å². The monoisotopic (exact) mass is 257 g/mol. The molecule has 0 heterocycles. The lowest BCUT2D eigenvalue weighted by Crippen LogP contribution is -2.09. The molecule has 3 heteroatoms. The van der Waals surface area contributed by atoms with Crippen molar-refractivity contribution in [1.29, 1.82) is 0 Å². The largest absolute Gasteiger partial charge is 0.489 e. The second kappa shape index (κ2) is 6.25. The highest BCUT2D eigenvalue weighted by Crippen LogP contribution is 2.20. The standard InChI is InChI=1S/C16H19NO2/c1-17(2)15-8-5-6-13(10-15)12-19-16-9-4-3-7-14(16)11-18/h3-10,18H,11-12H2,1-2H3. The van der Waals surface area contributed by atoms with Crippen LogP contribution in [0.1, 0.15) is 11.1 Å². The van der Waals surface area contributed by atoms with Crippen molar-refractivity contribution in [3.63, 3.8) is 0 Å². The molecule has 0 saturated heterocycles. The molecule has 0 saturated carbocycles. The van der Waals surface area contributed by atoms with Crippen LogP contribution in [0.3, 0.4) is 0 Å². The Kier molecular flexibility index (Phi) is 4.42. The predicted octanol–water partition coefficient (Wildman–Crippen LogP) is 2.82. The Morgan fingerprint density at radius 3 is 2.58 bits per heavy atom. The van der Waals surface area contributed by atoms with Gasteiger partial charge in [-0.05, 0) is 23.8 Å². The Morgan fingerprint density at radius 2 is 1.84 bits per heavy atom. The molecule has 0 atom stereocenters. The summed E-state index contributed by atoms with van der Waals surface area (Å²) >= 11 is 0. The van der Waals surface area contributed by atoms with Crippen LogP contribution < -0.4 is 9.64 Å². The summed E-state index contributed by atoms with van der Waals surface area (Å²) < 4.78 is 5.77. The molecule has 0 unspecified atom stereocenters. The number of rotatable bonds is 5. The lowest BCUT2D eigenvalue weighted by molar-refractivity contribution is 0.259. The Morgan fingerprint density at radius 1 is 1.05 bits per heavy atom. The minimum Gasteiger partial charge on any atom is -0.489 e. The van der Waals surface area contributed by atoms with E-state index in [0.29, 0.717) is 6.61 Å². The quantitative estimate of drug-likeness (QED) is 0.894. The number of hydrogen-bond donors (Lipinski definition) is 1. The number of nitrogens with zero attached hydrogens (tertiary/aromatic N) is 1. The summed E-state index contributed by atoms with van der Waals surface area (Å²) in [7, 11) is 4.03. The molecule has 0 spiro atoms. The van der Waals surface area contributed by atoms with Crippen LogP contribution in [-0.2, 0) is 13.2 Å². The van der Waals surface area contributed by atoms with Gasteiger partial charge in [0, 0.05) is 25.3 Å². The van der Waals surface area contributed by atoms with Gasteiger partial charge in [-0.2, -0.15) is 0 Å². The lowest BCUT2D eigenvalue weighted by Gasteiger charge is -2.14. The fourth-order valence-corrected chi connectivity index (χ4v) is 1.86. The van der Waals surface area contributed by atoms with Crippen LogP contribution in [0.25, 0.3) is 0 Å². The molecule has 0 aliphatic heterocycles. The summed E-state index contributed by atoms with van der Waals surface area (Å²) in [6.07, 6.45) is 0. The maximum atomic E-state index is 9.25. The zero-order chi connectivity index (χ0) is 13.7. The summed E-state index contributed by atoms with van der Waals surface area (Å²) in [6, 6.07) is 15.8. The molecule has 1 N–H and O–H groups in total. The van der Waals surface area contributed by atoms with E-state index in [1.165, 1.54) is 0 Å². The maximum Gasteiger partial charge on any atom is 0.125 e. The highest BCUT2D eigenvalue weighted by Gasteiger charge is 2.03. The zero-order valence-electron chi connectivity index (χ0n) is 11.3. The SMILES string of the molecule is CN(C)c1cccc(COc2ccccc2CO)c1. The number of aliphatic hydroxyl groups excluding tert-OH is 1. The Hall–Kier alpha value is -2.00. The van der Waals surface area contributed by atoms with Crippen LogP contribution in [-0.4, -0.2) is 19.2 Å².